The van der Waals surface area contributed by atoms with Gasteiger partial charge in [0.05, 0.1) is 24.2 Å². The normalized spacial score (nSPS) is 29.7. The van der Waals surface area contributed by atoms with E-state index in [0.717, 1.165) is 5.57 Å². The molecule has 450 valence electrons. The maximum absolute atomic E-state index is 14.6. The van der Waals surface area contributed by atoms with Crippen molar-refractivity contribution >= 4 is 35.4 Å². The van der Waals surface area contributed by atoms with Gasteiger partial charge in [-0.1, -0.05) is 124 Å². The Kier molecular flexibility index (Phi) is 29.1. The average Bonchev–Trinajstić information content (AvgIpc) is 3.45. The molecule has 17 nitrogen and oxygen atoms in total. The van der Waals surface area contributed by atoms with Crippen molar-refractivity contribution in [2.24, 2.45) is 47.3 Å². The van der Waals surface area contributed by atoms with Gasteiger partial charge in [0.2, 0.25) is 17.7 Å². The summed E-state index contributed by atoms with van der Waals surface area (Å²) < 4.78 is 6.21. The number of hydrazine groups is 1. The molecule has 80 heavy (non-hydrogen) atoms. The third kappa shape index (κ3) is 20.4. The number of piperidine rings is 1. The number of hydrogen-bond acceptors (Lipinski definition) is 13. The Balaban J connectivity index is 0.00000831. The number of nitrogens with zero attached hydrogens (tertiary/aromatic N) is 1. The quantitative estimate of drug-likeness (QED) is 0.0475. The van der Waals surface area contributed by atoms with Gasteiger partial charge in [0.1, 0.15) is 41.5 Å². The summed E-state index contributed by atoms with van der Waals surface area (Å²) in [5, 5.41) is 66.0. The van der Waals surface area contributed by atoms with Gasteiger partial charge in [0, 0.05) is 43.6 Å². The van der Waals surface area contributed by atoms with Crippen molar-refractivity contribution in [3.63, 3.8) is 0 Å². The lowest BCUT2D eigenvalue weighted by molar-refractivity contribution is -0.170. The molecule has 2 fully saturated rings. The van der Waals surface area contributed by atoms with Gasteiger partial charge in [-0.25, -0.2) is 5.43 Å². The second-order valence-corrected chi connectivity index (χ2v) is 23.3. The zero-order chi connectivity index (χ0) is 60.0. The molecule has 1 aromatic carbocycles. The molecule has 3 aliphatic heterocycles. The van der Waals surface area contributed by atoms with Gasteiger partial charge in [-0.15, -0.1) is 0 Å². The molecule has 3 aliphatic rings. The Morgan fingerprint density at radius 1 is 0.912 bits per heavy atom. The molecular formula is C63H101N5O12. The van der Waals surface area contributed by atoms with Crippen LogP contribution in [0.1, 0.15) is 171 Å². The highest BCUT2D eigenvalue weighted by Gasteiger charge is 2.49. The number of Topliss-reactive ketones (excluding diaryl/α,β-unsaturated/α-hetero) is 1. The lowest BCUT2D eigenvalue weighted by Gasteiger charge is -2.47. The van der Waals surface area contributed by atoms with Gasteiger partial charge in [-0.3, -0.25) is 29.0 Å². The van der Waals surface area contributed by atoms with Crippen LogP contribution in [-0.2, 0) is 39.9 Å². The molecule has 2 bridgehead atoms. The first-order valence-corrected chi connectivity index (χ1v) is 29.7. The number of aliphatic hydroxyl groups excluding tert-OH is 3. The first-order chi connectivity index (χ1) is 37.8. The first kappa shape index (κ1) is 69.1. The number of aliphatic hydroxyl groups is 4. The molecule has 0 aliphatic carbocycles. The minimum atomic E-state index is -1.52. The number of ether oxygens (including phenoxy) is 1. The predicted molar refractivity (Wildman–Crippen MR) is 312 cm³/mol. The van der Waals surface area contributed by atoms with Crippen molar-refractivity contribution < 1.29 is 59.0 Å². The van der Waals surface area contributed by atoms with Crippen LogP contribution in [0.5, 0.6) is 5.75 Å². The molecule has 17 heteroatoms. The number of ketones is 1. The highest BCUT2D eigenvalue weighted by Crippen LogP contribution is 2.38. The van der Waals surface area contributed by atoms with E-state index in [1.807, 2.05) is 97.9 Å². The van der Waals surface area contributed by atoms with E-state index in [1.54, 1.807) is 39.8 Å². The molecular weight excluding hydrogens is 1020 g/mol. The molecule has 4 amide bonds. The summed E-state index contributed by atoms with van der Waals surface area (Å²) in [7, 11) is 0. The van der Waals surface area contributed by atoms with E-state index >= 15 is 0 Å². The average molecular weight is 1120 g/mol. The Labute approximate surface area is 477 Å². The topological polar surface area (TPSA) is 264 Å². The summed E-state index contributed by atoms with van der Waals surface area (Å²) >= 11 is 0. The lowest BCUT2D eigenvalue weighted by atomic mass is 9.72. The molecule has 0 spiro atoms. The molecule has 9 N–H and O–H groups in total. The summed E-state index contributed by atoms with van der Waals surface area (Å²) in [4.78, 5) is 81.8. The Hall–Kier alpha value is -5.20. The number of fused-ring (bicyclic) bond motifs is 2. The number of carbonyl (C=O) groups excluding carboxylic acids is 6. The van der Waals surface area contributed by atoms with Crippen LogP contribution in [0.4, 0.5) is 0 Å². The number of cyclic esters (lactones) is 1. The van der Waals surface area contributed by atoms with Crippen molar-refractivity contribution in [1.82, 2.24) is 26.4 Å². The summed E-state index contributed by atoms with van der Waals surface area (Å²) in [6, 6.07) is 1.76. The van der Waals surface area contributed by atoms with Crippen LogP contribution in [0.2, 0.25) is 0 Å². The van der Waals surface area contributed by atoms with Gasteiger partial charge in [0.25, 0.3) is 5.91 Å². The molecule has 4 rings (SSSR count). The van der Waals surface area contributed by atoms with Crippen molar-refractivity contribution in [2.75, 3.05) is 6.54 Å². The van der Waals surface area contributed by atoms with E-state index in [2.05, 4.69) is 21.4 Å². The number of aryl methyl sites for hydroxylation is 1. The van der Waals surface area contributed by atoms with Gasteiger partial charge in [-0.2, -0.15) is 0 Å². The first-order valence-electron chi connectivity index (χ1n) is 29.7. The summed E-state index contributed by atoms with van der Waals surface area (Å²) in [6.07, 6.45) is 15.0. The molecule has 2 saturated heterocycles. The van der Waals surface area contributed by atoms with Crippen LogP contribution < -0.4 is 21.4 Å². The monoisotopic (exact) mass is 1120 g/mol. The number of rotatable bonds is 19. The smallest absolute Gasteiger partial charge is 0.325 e. The van der Waals surface area contributed by atoms with Crippen LogP contribution in [0.15, 0.2) is 66.3 Å². The molecule has 0 saturated carbocycles. The number of hydrogen-bond donors (Lipinski definition) is 9. The van der Waals surface area contributed by atoms with Gasteiger partial charge >= 0.3 is 5.97 Å². The fourth-order valence-electron chi connectivity index (χ4n) is 10.8. The van der Waals surface area contributed by atoms with Gasteiger partial charge < -0.3 is 51.0 Å². The number of carbonyl (C=O) groups is 6. The number of esters is 1. The third-order valence-electron chi connectivity index (χ3n) is 16.7. The SMILES string of the molecule is CC.CCC1C[C@H](C)[C@@](O)(C(C)C(O)C(C)CCC(O)C(C)CC/C=C/C=C(\C)[C@@H]2C/C=C/C=C/CC(C)C(O)C(CCC(C)=O)C(=O)NC(C(C)C)C(=O)NC(Cc3ccc(C)c(O)c3)C(=O)N3CCCC(N3)C(=O)O2)NC1=O. The van der Waals surface area contributed by atoms with Crippen molar-refractivity contribution in [2.45, 2.75) is 222 Å². The Bertz CT molecular complexity index is 2300. The van der Waals surface area contributed by atoms with E-state index in [-0.39, 0.29) is 66.9 Å². The van der Waals surface area contributed by atoms with Crippen LogP contribution in [-0.4, -0.2) is 121 Å². The van der Waals surface area contributed by atoms with E-state index < -0.39 is 95.6 Å². The molecule has 0 radical (unpaired) electrons. The zero-order valence-electron chi connectivity index (χ0n) is 50.4. The second-order valence-electron chi connectivity index (χ2n) is 23.3. The van der Waals surface area contributed by atoms with E-state index in [4.69, 9.17) is 4.74 Å². The molecule has 1 aromatic rings. The number of nitrogens with one attached hydrogen (secondary N) is 4. The fourth-order valence-corrected chi connectivity index (χ4v) is 10.8. The standard InChI is InChI=1S/C61H95N5O12.C2H6/c1-12-46-33-42(9)61(77,64-56(46)72)44(11)54(70)41(8)27-31-50(68)37(4)21-17-15-18-22-39(6)52-25-19-14-13-16-23-40(7)55(71)47(30-28-43(10)67)57(73)63-53(36(2)3)58(74)62-49(34-45-29-26-38(5)51(69)35-45)59(75)66-32-20-24-48(65-66)60(76)78-52;1-2/h13-16,18-19,22,26,29,35-37,40-42,44,46-50,52-55,65,68-71,77H,12,17,20-21,23-25,27-28,30-34H2,1-11H3,(H,62,74)(H,63,73)(H,64,72);1-2H3/b16-13+,18-15+,19-14+,39-22+;/t37?,40?,41?,42-,44?,46?,47?,48?,49?,50?,52-,53?,54?,55?,61+;/m0./s1. The van der Waals surface area contributed by atoms with Crippen LogP contribution in [0.25, 0.3) is 0 Å². The third-order valence-corrected chi connectivity index (χ3v) is 16.7. The molecule has 15 atom stereocenters. The van der Waals surface area contributed by atoms with Crippen LogP contribution in [0.3, 0.4) is 0 Å². The van der Waals surface area contributed by atoms with E-state index in [1.165, 1.54) is 18.0 Å². The van der Waals surface area contributed by atoms with Crippen molar-refractivity contribution in [3.8, 4) is 5.75 Å². The Morgan fingerprint density at radius 2 is 1.59 bits per heavy atom. The fraction of sp³-hybridized carbons (Fsp3) is 0.683. The summed E-state index contributed by atoms with van der Waals surface area (Å²) in [5.74, 6) is -5.82. The van der Waals surface area contributed by atoms with Gasteiger partial charge in [-0.05, 0) is 131 Å². The van der Waals surface area contributed by atoms with Crippen LogP contribution >= 0.6 is 0 Å². The molecule has 12 unspecified atom stereocenters. The zero-order valence-corrected chi connectivity index (χ0v) is 50.4. The molecule has 3 heterocycles. The predicted octanol–water partition coefficient (Wildman–Crippen LogP) is 7.75. The number of allylic oxidation sites excluding steroid dienone is 6. The Morgan fingerprint density at radius 3 is 2.23 bits per heavy atom. The molecule has 0 aromatic heterocycles. The number of phenolic OH excluding ortho intramolecular Hbond substituents is 1. The van der Waals surface area contributed by atoms with Crippen LogP contribution in [0, 0.1) is 54.3 Å². The largest absolute Gasteiger partial charge is 0.508 e. The summed E-state index contributed by atoms with van der Waals surface area (Å²) in [6.45, 7) is 24.1. The number of amides is 4. The van der Waals surface area contributed by atoms with E-state index in [9.17, 15) is 54.3 Å². The summed E-state index contributed by atoms with van der Waals surface area (Å²) in [5.41, 5.74) is 3.50. The maximum Gasteiger partial charge on any atom is 0.325 e. The minimum Gasteiger partial charge on any atom is -0.508 e. The number of aromatic hydroxyl groups is 1. The minimum absolute atomic E-state index is 0.0162. The second kappa shape index (κ2) is 33.7. The highest BCUT2D eigenvalue weighted by atomic mass is 16.5. The maximum atomic E-state index is 14.6. The van der Waals surface area contributed by atoms with Crippen molar-refractivity contribution in [1.29, 1.82) is 0 Å². The highest BCUT2D eigenvalue weighted by molar-refractivity contribution is 5.93. The van der Waals surface area contributed by atoms with Gasteiger partial charge in [0.15, 0.2) is 0 Å². The number of phenols is 1. The number of benzene rings is 1. The van der Waals surface area contributed by atoms with Crippen molar-refractivity contribution in [3.05, 3.63) is 77.4 Å². The lowest BCUT2D eigenvalue weighted by Crippen LogP contribution is -2.65. The van der Waals surface area contributed by atoms with E-state index in [0.29, 0.717) is 75.3 Å².